The summed E-state index contributed by atoms with van der Waals surface area (Å²) in [5.74, 6) is 1.47. The van der Waals surface area contributed by atoms with Crippen LogP contribution in [0.25, 0.3) is 12.2 Å². The van der Waals surface area contributed by atoms with Gasteiger partial charge in [-0.15, -0.1) is 0 Å². The van der Waals surface area contributed by atoms with E-state index in [1.54, 1.807) is 37.3 Å². The summed E-state index contributed by atoms with van der Waals surface area (Å²) in [7, 11) is 0.691. The van der Waals surface area contributed by atoms with Crippen LogP contribution in [-0.2, 0) is 4.57 Å². The average molecular weight is 431 g/mol. The van der Waals surface area contributed by atoms with Crippen LogP contribution in [0, 0.1) is 6.92 Å². The fraction of sp³-hybridized carbons (Fsp3) is 0.263. The summed E-state index contributed by atoms with van der Waals surface area (Å²) in [6.45, 7) is 1.71. The molecule has 152 valence electrons. The molecular weight excluding hydrogens is 410 g/mol. The van der Waals surface area contributed by atoms with E-state index in [-0.39, 0.29) is 41.1 Å². The molecule has 29 heavy (non-hydrogen) atoms. The SMILES string of the molecule is COc1cc(/C=C\c2cc(C)c(OC)c(OP(=O)([O-])[O-])c2)cc(OC)c1OC.[Na+]. The van der Waals surface area contributed by atoms with Crippen molar-refractivity contribution in [1.82, 2.24) is 0 Å². The Morgan fingerprint density at radius 1 is 0.759 bits per heavy atom. The van der Waals surface area contributed by atoms with E-state index in [1.165, 1.54) is 34.5 Å². The molecule has 0 aliphatic heterocycles. The largest absolute Gasteiger partial charge is 1.00 e. The van der Waals surface area contributed by atoms with Crippen molar-refractivity contribution in [3.05, 3.63) is 41.0 Å². The van der Waals surface area contributed by atoms with Crippen LogP contribution in [0.15, 0.2) is 24.3 Å². The predicted octanol–water partition coefficient (Wildman–Crippen LogP) is -0.589. The molecule has 0 unspecified atom stereocenters. The van der Waals surface area contributed by atoms with Gasteiger partial charge in [-0.05, 0) is 47.9 Å². The van der Waals surface area contributed by atoms with Crippen molar-refractivity contribution in [2.24, 2.45) is 0 Å². The maximum Gasteiger partial charge on any atom is 1.00 e. The number of rotatable bonds is 8. The van der Waals surface area contributed by atoms with Crippen LogP contribution in [0.4, 0.5) is 0 Å². The van der Waals surface area contributed by atoms with Gasteiger partial charge >= 0.3 is 29.6 Å². The fourth-order valence-electron chi connectivity index (χ4n) is 2.70. The van der Waals surface area contributed by atoms with Crippen molar-refractivity contribution in [2.45, 2.75) is 6.92 Å². The van der Waals surface area contributed by atoms with Crippen molar-refractivity contribution in [1.29, 1.82) is 0 Å². The number of ether oxygens (including phenoxy) is 4. The second-order valence-electron chi connectivity index (χ2n) is 5.70. The monoisotopic (exact) mass is 431 g/mol. The van der Waals surface area contributed by atoms with Gasteiger partial charge < -0.3 is 37.8 Å². The zero-order valence-electron chi connectivity index (χ0n) is 17.2. The molecule has 0 aliphatic carbocycles. The van der Waals surface area contributed by atoms with Crippen molar-refractivity contribution >= 4 is 20.0 Å². The van der Waals surface area contributed by atoms with Crippen LogP contribution in [0.1, 0.15) is 16.7 Å². The number of hydrogen-bond donors (Lipinski definition) is 0. The van der Waals surface area contributed by atoms with Crippen molar-refractivity contribution in [3.8, 4) is 28.7 Å². The van der Waals surface area contributed by atoms with Gasteiger partial charge in [0, 0.05) is 0 Å². The van der Waals surface area contributed by atoms with Gasteiger partial charge in [-0.2, -0.15) is 0 Å². The van der Waals surface area contributed by atoms with Crippen LogP contribution in [0.5, 0.6) is 28.7 Å². The Bertz CT molecular complexity index is 898. The van der Waals surface area contributed by atoms with Crippen molar-refractivity contribution in [2.75, 3.05) is 28.4 Å². The van der Waals surface area contributed by atoms with Gasteiger partial charge in [0.25, 0.3) is 0 Å². The summed E-state index contributed by atoms with van der Waals surface area (Å²) >= 11 is 0. The Labute approximate surface area is 191 Å². The first kappa shape index (κ1) is 25.4. The number of hydrogen-bond acceptors (Lipinski definition) is 8. The molecule has 2 aromatic rings. The molecule has 0 saturated carbocycles. The zero-order chi connectivity index (χ0) is 20.9. The molecule has 2 rings (SSSR count). The van der Waals surface area contributed by atoms with Crippen molar-refractivity contribution < 1.29 is 67.4 Å². The fourth-order valence-corrected chi connectivity index (χ4v) is 3.08. The third-order valence-corrected chi connectivity index (χ3v) is 4.25. The maximum absolute atomic E-state index is 11.0. The third kappa shape index (κ3) is 6.67. The molecule has 0 radical (unpaired) electrons. The molecule has 2 aromatic carbocycles. The van der Waals surface area contributed by atoms with Gasteiger partial charge in [0.05, 0.1) is 28.4 Å². The summed E-state index contributed by atoms with van der Waals surface area (Å²) < 4.78 is 36.6. The van der Waals surface area contributed by atoms with Gasteiger partial charge in [0.1, 0.15) is 7.82 Å². The predicted molar refractivity (Wildman–Crippen MR) is 101 cm³/mol. The minimum Gasteiger partial charge on any atom is -0.780 e. The average Bonchev–Trinajstić information content (AvgIpc) is 2.63. The number of aryl methyl sites for hydroxylation is 1. The Morgan fingerprint density at radius 2 is 1.21 bits per heavy atom. The molecular formula is C19H21NaO8P-. The number of phosphoric ester groups is 1. The molecule has 0 heterocycles. The molecule has 0 fully saturated rings. The third-order valence-electron chi connectivity index (χ3n) is 3.83. The Hall–Kier alpha value is -1.67. The van der Waals surface area contributed by atoms with Gasteiger partial charge in [-0.3, -0.25) is 0 Å². The van der Waals surface area contributed by atoms with E-state index >= 15 is 0 Å². The molecule has 0 atom stereocenters. The number of benzene rings is 2. The molecule has 0 saturated heterocycles. The molecule has 0 spiro atoms. The first-order valence-corrected chi connectivity index (χ1v) is 9.56. The number of methoxy groups -OCH3 is 4. The zero-order valence-corrected chi connectivity index (χ0v) is 20.1. The first-order valence-electron chi connectivity index (χ1n) is 8.10. The van der Waals surface area contributed by atoms with Crippen LogP contribution in [-0.4, -0.2) is 28.4 Å². The maximum atomic E-state index is 11.0. The second kappa shape index (κ2) is 10.9. The van der Waals surface area contributed by atoms with Gasteiger partial charge in [-0.1, -0.05) is 12.2 Å². The molecule has 8 nitrogen and oxygen atoms in total. The molecule has 0 N–H and O–H groups in total. The first-order chi connectivity index (χ1) is 13.2. The minimum atomic E-state index is -5.23. The van der Waals surface area contributed by atoms with E-state index in [1.807, 2.05) is 0 Å². The van der Waals surface area contributed by atoms with Crippen LogP contribution in [0.2, 0.25) is 0 Å². The Kier molecular flexibility index (Phi) is 9.55. The molecule has 10 heteroatoms. The van der Waals surface area contributed by atoms with E-state index in [4.69, 9.17) is 18.9 Å². The normalized spacial score (nSPS) is 11.0. The van der Waals surface area contributed by atoms with Gasteiger partial charge in [0.15, 0.2) is 23.0 Å². The van der Waals surface area contributed by atoms with Gasteiger partial charge in [0.2, 0.25) is 5.75 Å². The molecule has 0 amide bonds. The summed E-state index contributed by atoms with van der Waals surface area (Å²) in [5, 5.41) is 0. The molecule has 0 bridgehead atoms. The number of phosphoric acid groups is 1. The van der Waals surface area contributed by atoms with Crippen LogP contribution >= 0.6 is 7.82 Å². The smallest absolute Gasteiger partial charge is 0.780 e. The van der Waals surface area contributed by atoms with Gasteiger partial charge in [-0.25, -0.2) is 0 Å². The van der Waals surface area contributed by atoms with E-state index in [2.05, 4.69) is 4.52 Å². The molecule has 0 aromatic heterocycles. The summed E-state index contributed by atoms with van der Waals surface area (Å²) in [6, 6.07) is 6.69. The summed E-state index contributed by atoms with van der Waals surface area (Å²) in [4.78, 5) is 22.0. The van der Waals surface area contributed by atoms with E-state index in [9.17, 15) is 14.4 Å². The quantitative estimate of drug-likeness (QED) is 0.310. The molecule has 0 aliphatic rings. The summed E-state index contributed by atoms with van der Waals surface area (Å²) in [6.07, 6.45) is 3.49. The van der Waals surface area contributed by atoms with E-state index in [0.717, 1.165) is 5.56 Å². The second-order valence-corrected chi connectivity index (χ2v) is 6.78. The van der Waals surface area contributed by atoms with Crippen LogP contribution < -0.4 is 62.8 Å². The van der Waals surface area contributed by atoms with Crippen molar-refractivity contribution in [3.63, 3.8) is 0 Å². The standard InChI is InChI=1S/C19H23O8P.Na/c1-12-8-13(11-17(18(12)25-4)27-28(20,21)22)6-7-14-9-15(23-2)19(26-5)16(10-14)24-3;/h6-11H,1-5H3,(H2,20,21,22);/q;+1/p-2/b7-6-;. The van der Waals surface area contributed by atoms with E-state index in [0.29, 0.717) is 28.4 Å². The summed E-state index contributed by atoms with van der Waals surface area (Å²) in [5.41, 5.74) is 1.97. The van der Waals surface area contributed by atoms with Crippen LogP contribution in [0.3, 0.4) is 0 Å². The minimum absolute atomic E-state index is 0. The Balaban J connectivity index is 0.00000420. The Morgan fingerprint density at radius 3 is 1.62 bits per heavy atom. The topological polar surface area (TPSA) is 109 Å². The van der Waals surface area contributed by atoms with E-state index < -0.39 is 7.82 Å².